The molecule has 1 aliphatic carbocycles. The van der Waals surface area contributed by atoms with Crippen molar-refractivity contribution < 1.29 is 19.0 Å². The van der Waals surface area contributed by atoms with Crippen LogP contribution >= 0.6 is 0 Å². The van der Waals surface area contributed by atoms with E-state index in [-0.39, 0.29) is 18.9 Å². The van der Waals surface area contributed by atoms with Crippen LogP contribution in [0.15, 0.2) is 23.8 Å². The number of esters is 1. The number of carbonyl (C=O) groups excluding carboxylic acids is 1. The maximum atomic E-state index is 11.8. The van der Waals surface area contributed by atoms with Crippen molar-refractivity contribution in [3.8, 4) is 0 Å². The number of fused-ring (bicyclic) bond motifs is 3. The van der Waals surface area contributed by atoms with Gasteiger partial charge in [0.1, 0.15) is 12.9 Å². The van der Waals surface area contributed by atoms with Crippen molar-refractivity contribution in [2.45, 2.75) is 43.1 Å². The fraction of sp³-hybridized carbons (Fsp3) is 0.667. The second kappa shape index (κ2) is 4.41. The number of carbonyl (C=O) groups is 1. The zero-order valence-corrected chi connectivity index (χ0v) is 11.6. The Morgan fingerprint density at radius 3 is 3.30 bits per heavy atom. The first-order chi connectivity index (χ1) is 9.74. The summed E-state index contributed by atoms with van der Waals surface area (Å²) >= 11 is 0. The molecule has 0 aromatic rings. The van der Waals surface area contributed by atoms with E-state index in [2.05, 4.69) is 11.0 Å². The summed E-state index contributed by atoms with van der Waals surface area (Å²) in [7, 11) is 1.62. The summed E-state index contributed by atoms with van der Waals surface area (Å²) in [6, 6.07) is 0.663. The molecule has 0 amide bonds. The van der Waals surface area contributed by atoms with Gasteiger partial charge in [0, 0.05) is 37.3 Å². The molecule has 0 saturated carbocycles. The van der Waals surface area contributed by atoms with Gasteiger partial charge in [-0.15, -0.1) is 0 Å². The summed E-state index contributed by atoms with van der Waals surface area (Å²) in [4.78, 5) is 14.3. The Hall–Kier alpha value is -1.17. The fourth-order valence-electron chi connectivity index (χ4n) is 4.27. The van der Waals surface area contributed by atoms with Crippen LogP contribution in [-0.4, -0.2) is 55.1 Å². The molecule has 4 unspecified atom stereocenters. The van der Waals surface area contributed by atoms with Crippen molar-refractivity contribution in [2.24, 2.45) is 0 Å². The van der Waals surface area contributed by atoms with Crippen LogP contribution in [-0.2, 0) is 19.0 Å². The molecule has 0 radical (unpaired) electrons. The van der Waals surface area contributed by atoms with E-state index in [9.17, 15) is 4.79 Å². The summed E-state index contributed by atoms with van der Waals surface area (Å²) in [5, 5.41) is 0. The van der Waals surface area contributed by atoms with Crippen LogP contribution < -0.4 is 0 Å². The van der Waals surface area contributed by atoms with Crippen molar-refractivity contribution >= 4 is 5.97 Å². The van der Waals surface area contributed by atoms with Gasteiger partial charge in [0.05, 0.1) is 0 Å². The molecular weight excluding hydrogens is 258 g/mol. The van der Waals surface area contributed by atoms with Crippen molar-refractivity contribution in [3.63, 3.8) is 0 Å². The highest BCUT2D eigenvalue weighted by molar-refractivity contribution is 5.88. The number of hydrogen-bond donors (Lipinski definition) is 0. The molecule has 2 bridgehead atoms. The van der Waals surface area contributed by atoms with Crippen LogP contribution in [0.4, 0.5) is 0 Å². The van der Waals surface area contributed by atoms with Crippen LogP contribution in [0, 0.1) is 0 Å². The zero-order chi connectivity index (χ0) is 13.7. The van der Waals surface area contributed by atoms with E-state index in [0.717, 1.165) is 25.0 Å². The van der Waals surface area contributed by atoms with Gasteiger partial charge in [0.15, 0.2) is 5.60 Å². The van der Waals surface area contributed by atoms with Gasteiger partial charge in [-0.05, 0) is 19.4 Å². The molecule has 0 aromatic carbocycles. The lowest BCUT2D eigenvalue weighted by atomic mass is 9.72. The van der Waals surface area contributed by atoms with E-state index in [1.807, 2.05) is 6.08 Å². The van der Waals surface area contributed by atoms with Gasteiger partial charge in [-0.2, -0.15) is 0 Å². The lowest BCUT2D eigenvalue weighted by molar-refractivity contribution is -0.203. The second-order valence-corrected chi connectivity index (χ2v) is 5.98. The van der Waals surface area contributed by atoms with E-state index in [1.54, 1.807) is 13.2 Å². The molecule has 3 aliphatic heterocycles. The molecule has 4 rings (SSSR count). The molecule has 2 saturated heterocycles. The molecule has 20 heavy (non-hydrogen) atoms. The first-order valence-corrected chi connectivity index (χ1v) is 7.24. The Balaban J connectivity index is 1.75. The number of hydrogen-bond acceptors (Lipinski definition) is 5. The summed E-state index contributed by atoms with van der Waals surface area (Å²) in [5.74, 6) is -0.247. The van der Waals surface area contributed by atoms with Gasteiger partial charge in [0.2, 0.25) is 0 Å². The van der Waals surface area contributed by atoms with Gasteiger partial charge in [-0.25, -0.2) is 4.79 Å². The van der Waals surface area contributed by atoms with Crippen LogP contribution in [0.1, 0.15) is 19.3 Å². The maximum Gasteiger partial charge on any atom is 0.332 e. The van der Waals surface area contributed by atoms with Gasteiger partial charge < -0.3 is 14.2 Å². The molecule has 4 aliphatic rings. The lowest BCUT2D eigenvalue weighted by Crippen LogP contribution is -2.65. The minimum absolute atomic E-state index is 0.135. The third-order valence-electron chi connectivity index (χ3n) is 5.00. The van der Waals surface area contributed by atoms with E-state index >= 15 is 0 Å². The normalized spacial score (nSPS) is 42.1. The van der Waals surface area contributed by atoms with Crippen molar-refractivity contribution in [2.75, 3.05) is 20.4 Å². The molecule has 0 N–H and O–H groups in total. The zero-order valence-electron chi connectivity index (χ0n) is 11.6. The Labute approximate surface area is 118 Å². The van der Waals surface area contributed by atoms with Crippen LogP contribution in [0.5, 0.6) is 0 Å². The number of ether oxygens (including phenoxy) is 3. The summed E-state index contributed by atoms with van der Waals surface area (Å²) in [6.07, 6.45) is 8.78. The highest BCUT2D eigenvalue weighted by atomic mass is 16.7. The molecular formula is C15H19NO4. The average molecular weight is 277 g/mol. The van der Waals surface area contributed by atoms with Gasteiger partial charge in [-0.1, -0.05) is 12.2 Å². The van der Waals surface area contributed by atoms with Crippen LogP contribution in [0.3, 0.4) is 0 Å². The molecule has 5 nitrogen and oxygen atoms in total. The Kier molecular flexibility index (Phi) is 2.77. The average Bonchev–Trinajstić information content (AvgIpc) is 3.02. The second-order valence-electron chi connectivity index (χ2n) is 5.98. The Morgan fingerprint density at radius 1 is 1.55 bits per heavy atom. The standard InChI is InChI=1S/C15H19NO4/c1-18-9-19-14-12-3-2-6-16(12)11-5-4-10-7-13(17)20-15(10,14)8-11/h4-5,7,11-12,14H,2-3,6,8-9H2,1H3. The van der Waals surface area contributed by atoms with Gasteiger partial charge in [-0.3, -0.25) is 4.90 Å². The van der Waals surface area contributed by atoms with E-state index in [0.29, 0.717) is 12.1 Å². The number of rotatable bonds is 3. The number of nitrogens with zero attached hydrogens (tertiary/aromatic N) is 1. The molecule has 1 spiro atoms. The van der Waals surface area contributed by atoms with Crippen molar-refractivity contribution in [1.82, 2.24) is 4.90 Å². The molecule has 3 heterocycles. The first kappa shape index (κ1) is 12.6. The predicted molar refractivity (Wildman–Crippen MR) is 70.9 cm³/mol. The Bertz CT molecular complexity index is 500. The first-order valence-electron chi connectivity index (χ1n) is 7.24. The van der Waals surface area contributed by atoms with Crippen molar-refractivity contribution in [1.29, 1.82) is 0 Å². The quantitative estimate of drug-likeness (QED) is 0.569. The van der Waals surface area contributed by atoms with E-state index < -0.39 is 5.60 Å². The van der Waals surface area contributed by atoms with Crippen LogP contribution in [0.2, 0.25) is 0 Å². The molecule has 4 atom stereocenters. The lowest BCUT2D eigenvalue weighted by Gasteiger charge is -2.52. The fourth-order valence-corrected chi connectivity index (χ4v) is 4.27. The third kappa shape index (κ3) is 1.57. The minimum atomic E-state index is -0.597. The smallest absolute Gasteiger partial charge is 0.332 e. The highest BCUT2D eigenvalue weighted by Gasteiger charge is 2.60. The summed E-state index contributed by atoms with van der Waals surface area (Å²) in [5.41, 5.74) is 0.368. The molecule has 108 valence electrons. The largest absolute Gasteiger partial charge is 0.448 e. The summed E-state index contributed by atoms with van der Waals surface area (Å²) < 4.78 is 16.8. The minimum Gasteiger partial charge on any atom is -0.448 e. The molecule has 5 heteroatoms. The molecule has 0 aromatic heterocycles. The topological polar surface area (TPSA) is 48.0 Å². The van der Waals surface area contributed by atoms with E-state index in [1.165, 1.54) is 6.42 Å². The Morgan fingerprint density at radius 2 is 2.45 bits per heavy atom. The predicted octanol–water partition coefficient (Wildman–Crippen LogP) is 1.00. The maximum absolute atomic E-state index is 11.8. The van der Waals surface area contributed by atoms with E-state index in [4.69, 9.17) is 14.2 Å². The number of piperidine rings is 1. The van der Waals surface area contributed by atoms with Crippen molar-refractivity contribution in [3.05, 3.63) is 23.8 Å². The van der Waals surface area contributed by atoms with Gasteiger partial charge >= 0.3 is 5.97 Å². The number of methoxy groups -OCH3 is 1. The third-order valence-corrected chi connectivity index (χ3v) is 5.00. The monoisotopic (exact) mass is 277 g/mol. The SMILES string of the molecule is COCOC1C2CCCN2C2C=CC3=CC(=O)OC31C2. The van der Waals surface area contributed by atoms with Crippen LogP contribution in [0.25, 0.3) is 0 Å². The molecule has 2 fully saturated rings. The summed E-state index contributed by atoms with van der Waals surface area (Å²) in [6.45, 7) is 1.32. The van der Waals surface area contributed by atoms with Gasteiger partial charge in [0.25, 0.3) is 0 Å². The highest BCUT2D eigenvalue weighted by Crippen LogP contribution is 2.49.